The van der Waals surface area contributed by atoms with Crippen LogP contribution in [-0.4, -0.2) is 9.13 Å². The zero-order valence-electron chi connectivity index (χ0n) is 31.4. The molecule has 0 saturated heterocycles. The Labute approximate surface area is 333 Å². The molecule has 0 bridgehead atoms. The maximum Gasteiger partial charge on any atom is 0.137 e. The van der Waals surface area contributed by atoms with Gasteiger partial charge in [0.15, 0.2) is 0 Å². The molecule has 0 amide bonds. The highest BCUT2D eigenvalue weighted by atomic mass is 16.3. The summed E-state index contributed by atoms with van der Waals surface area (Å²) in [5, 5.41) is 8.31. The minimum atomic E-state index is 0.879. The molecule has 4 nitrogen and oxygen atoms in total. The predicted molar refractivity (Wildman–Crippen MR) is 240 cm³/mol. The van der Waals surface area contributed by atoms with Crippen LogP contribution in [0, 0.1) is 0 Å². The van der Waals surface area contributed by atoms with E-state index in [2.05, 4.69) is 191 Å². The number of furan rings is 2. The van der Waals surface area contributed by atoms with Crippen LogP contribution in [0.4, 0.5) is 0 Å². The lowest BCUT2D eigenvalue weighted by Gasteiger charge is -2.12. The molecule has 272 valence electrons. The lowest BCUT2D eigenvalue weighted by atomic mass is 9.97. The summed E-state index contributed by atoms with van der Waals surface area (Å²) in [6.45, 7) is 0. The summed E-state index contributed by atoms with van der Waals surface area (Å²) in [4.78, 5) is 0. The van der Waals surface area contributed by atoms with Crippen LogP contribution in [0.25, 0.3) is 116 Å². The summed E-state index contributed by atoms with van der Waals surface area (Å²) in [5.41, 5.74) is 16.6. The number of nitrogens with zero attached hydrogens (tertiary/aromatic N) is 2. The van der Waals surface area contributed by atoms with E-state index < -0.39 is 0 Å². The van der Waals surface area contributed by atoms with E-state index in [4.69, 9.17) is 8.83 Å². The average Bonchev–Trinajstić information content (AvgIpc) is 4.03. The first-order valence-corrected chi connectivity index (χ1v) is 20.0. The van der Waals surface area contributed by atoms with Crippen molar-refractivity contribution in [3.05, 3.63) is 187 Å². The Kier molecular flexibility index (Phi) is 6.53. The second-order valence-electron chi connectivity index (χ2n) is 15.6. The summed E-state index contributed by atoms with van der Waals surface area (Å²) in [6, 6.07) is 61.1. The van der Waals surface area contributed by atoms with Crippen molar-refractivity contribution in [2.24, 2.45) is 0 Å². The lowest BCUT2D eigenvalue weighted by molar-refractivity contribution is 0.668. The van der Waals surface area contributed by atoms with Crippen molar-refractivity contribution in [1.82, 2.24) is 9.13 Å². The van der Waals surface area contributed by atoms with Crippen LogP contribution in [0.5, 0.6) is 0 Å². The molecule has 8 aromatic carbocycles. The van der Waals surface area contributed by atoms with Crippen molar-refractivity contribution >= 4 is 82.7 Å². The number of para-hydroxylation sites is 3. The van der Waals surface area contributed by atoms with Crippen LogP contribution in [0.3, 0.4) is 0 Å². The van der Waals surface area contributed by atoms with Gasteiger partial charge in [-0.15, -0.1) is 0 Å². The zero-order valence-corrected chi connectivity index (χ0v) is 31.4. The van der Waals surface area contributed by atoms with E-state index >= 15 is 0 Å². The topological polar surface area (TPSA) is 36.1 Å². The van der Waals surface area contributed by atoms with Crippen LogP contribution < -0.4 is 0 Å². The number of hydrogen-bond donors (Lipinski definition) is 0. The van der Waals surface area contributed by atoms with Gasteiger partial charge in [-0.05, 0) is 120 Å². The van der Waals surface area contributed by atoms with Crippen molar-refractivity contribution in [2.45, 2.75) is 12.8 Å². The van der Waals surface area contributed by atoms with E-state index in [9.17, 15) is 0 Å². The van der Waals surface area contributed by atoms with Gasteiger partial charge in [0.25, 0.3) is 0 Å². The summed E-state index contributed by atoms with van der Waals surface area (Å²) >= 11 is 0. The van der Waals surface area contributed by atoms with Gasteiger partial charge in [-0.1, -0.05) is 91.0 Å². The van der Waals surface area contributed by atoms with Crippen LogP contribution in [0.1, 0.15) is 17.7 Å². The first-order chi connectivity index (χ1) is 28.7. The molecule has 0 spiro atoms. The van der Waals surface area contributed by atoms with E-state index in [1.807, 2.05) is 0 Å². The zero-order chi connectivity index (χ0) is 37.9. The molecule has 0 atom stereocenters. The molecule has 12 aromatic rings. The summed E-state index contributed by atoms with van der Waals surface area (Å²) in [7, 11) is 0. The molecule has 0 radical (unpaired) electrons. The number of aryl methyl sites for hydroxylation is 1. The standard InChI is InChI=1S/C54H34N2O2/c1-5-16-47-39(12-1)40-13-2-6-17-48(40)55(47)37-22-26-45-43-24-20-35(29-51(43)57-53(45)31-37)33-10-9-11-34(28-33)36-21-25-44-46-27-23-38(32-54(46)58-52(44)30-36)56-49-18-7-3-14-41(49)42-15-4-8-19-50(42)56/h1-3,5-14,16-32H,4,15H2. The van der Waals surface area contributed by atoms with Crippen LogP contribution in [0.2, 0.25) is 0 Å². The third kappa shape index (κ3) is 4.57. The SMILES string of the molecule is C1=Cc2c(c3ccccc3n2-c2ccc3c(c2)oc2cc(-c4cccc(-c5ccc6c(c5)oc5cc(-n7c8ccccc8c8ccccc87)ccc56)c4)ccc23)CC1. The molecular weight excluding hydrogens is 709 g/mol. The molecule has 0 unspecified atom stereocenters. The van der Waals surface area contributed by atoms with Gasteiger partial charge in [-0.3, -0.25) is 0 Å². The largest absolute Gasteiger partial charge is 0.456 e. The third-order valence-electron chi connectivity index (χ3n) is 12.4. The number of hydrogen-bond acceptors (Lipinski definition) is 2. The van der Waals surface area contributed by atoms with Crippen molar-refractivity contribution in [1.29, 1.82) is 0 Å². The molecule has 0 fully saturated rings. The fourth-order valence-corrected chi connectivity index (χ4v) is 9.71. The Morgan fingerprint density at radius 3 is 1.41 bits per heavy atom. The van der Waals surface area contributed by atoms with Gasteiger partial charge in [0.2, 0.25) is 0 Å². The molecular formula is C54H34N2O2. The Balaban J connectivity index is 0.856. The van der Waals surface area contributed by atoms with Crippen LogP contribution in [0.15, 0.2) is 185 Å². The van der Waals surface area contributed by atoms with Crippen molar-refractivity contribution in [3.63, 3.8) is 0 Å². The summed E-state index contributed by atoms with van der Waals surface area (Å²) < 4.78 is 18.0. The summed E-state index contributed by atoms with van der Waals surface area (Å²) in [5.74, 6) is 0. The highest BCUT2D eigenvalue weighted by molar-refractivity contribution is 6.11. The van der Waals surface area contributed by atoms with Gasteiger partial charge < -0.3 is 18.0 Å². The second-order valence-corrected chi connectivity index (χ2v) is 15.6. The Morgan fingerprint density at radius 2 is 0.828 bits per heavy atom. The highest BCUT2D eigenvalue weighted by Crippen LogP contribution is 2.40. The van der Waals surface area contributed by atoms with Gasteiger partial charge >= 0.3 is 0 Å². The van der Waals surface area contributed by atoms with Gasteiger partial charge in [0.05, 0.1) is 16.6 Å². The maximum atomic E-state index is 6.63. The normalized spacial score (nSPS) is 13.0. The molecule has 58 heavy (non-hydrogen) atoms. The average molecular weight is 743 g/mol. The summed E-state index contributed by atoms with van der Waals surface area (Å²) in [6.07, 6.45) is 6.71. The monoisotopic (exact) mass is 742 g/mol. The number of allylic oxidation sites excluding steroid dienone is 1. The van der Waals surface area contributed by atoms with Crippen molar-refractivity contribution in [2.75, 3.05) is 0 Å². The first-order valence-electron chi connectivity index (χ1n) is 20.0. The molecule has 1 aliphatic carbocycles. The van der Waals surface area contributed by atoms with E-state index in [-0.39, 0.29) is 0 Å². The van der Waals surface area contributed by atoms with Crippen molar-refractivity contribution < 1.29 is 8.83 Å². The lowest BCUT2D eigenvalue weighted by Crippen LogP contribution is -2.00. The van der Waals surface area contributed by atoms with Gasteiger partial charge in [-0.2, -0.15) is 0 Å². The molecule has 0 saturated carbocycles. The van der Waals surface area contributed by atoms with Gasteiger partial charge in [0, 0.05) is 66.9 Å². The van der Waals surface area contributed by atoms with Crippen LogP contribution >= 0.6 is 0 Å². The molecule has 4 heteroatoms. The Bertz CT molecular complexity index is 3640. The maximum absolute atomic E-state index is 6.63. The van der Waals surface area contributed by atoms with Crippen LogP contribution in [-0.2, 0) is 6.42 Å². The molecule has 4 aromatic heterocycles. The quantitative estimate of drug-likeness (QED) is 0.180. The van der Waals surface area contributed by atoms with E-state index in [1.54, 1.807) is 0 Å². The molecule has 13 rings (SSSR count). The molecule has 1 aliphatic rings. The third-order valence-corrected chi connectivity index (χ3v) is 12.4. The van der Waals surface area contributed by atoms with Gasteiger partial charge in [-0.25, -0.2) is 0 Å². The fraction of sp³-hybridized carbons (Fsp3) is 0.0370. The highest BCUT2D eigenvalue weighted by Gasteiger charge is 2.20. The fourth-order valence-electron chi connectivity index (χ4n) is 9.71. The smallest absolute Gasteiger partial charge is 0.137 e. The molecule has 0 aliphatic heterocycles. The first kappa shape index (κ1) is 31.6. The van der Waals surface area contributed by atoms with Crippen molar-refractivity contribution in [3.8, 4) is 33.6 Å². The predicted octanol–water partition coefficient (Wildman–Crippen LogP) is 14.8. The van der Waals surface area contributed by atoms with E-state index in [1.165, 1.54) is 44.0 Å². The Hall–Kier alpha value is -7.56. The number of aromatic nitrogens is 2. The van der Waals surface area contributed by atoms with E-state index in [0.717, 1.165) is 90.3 Å². The molecule has 0 N–H and O–H groups in total. The Morgan fingerprint density at radius 1 is 0.362 bits per heavy atom. The second kappa shape index (κ2) is 12.0. The van der Waals surface area contributed by atoms with Gasteiger partial charge in [0.1, 0.15) is 22.3 Å². The number of benzene rings is 8. The number of fused-ring (bicyclic) bond motifs is 12. The minimum absolute atomic E-state index is 0.879. The molecule has 4 heterocycles. The minimum Gasteiger partial charge on any atom is -0.456 e. The number of rotatable bonds is 4. The van der Waals surface area contributed by atoms with E-state index in [0.29, 0.717) is 0 Å².